The summed E-state index contributed by atoms with van der Waals surface area (Å²) in [5.74, 6) is -0.247. The molecule has 0 bridgehead atoms. The summed E-state index contributed by atoms with van der Waals surface area (Å²) >= 11 is 0. The molecule has 0 aliphatic carbocycles. The first kappa shape index (κ1) is 12.2. The number of methoxy groups -OCH3 is 1. The minimum absolute atomic E-state index is 0.152. The van der Waals surface area contributed by atoms with Crippen molar-refractivity contribution in [2.45, 2.75) is 12.3 Å². The molecular weight excluding hydrogens is 232 g/mol. The summed E-state index contributed by atoms with van der Waals surface area (Å²) in [4.78, 5) is 11.5. The van der Waals surface area contributed by atoms with E-state index in [0.29, 0.717) is 0 Å². The molecule has 0 unspecified atom stereocenters. The van der Waals surface area contributed by atoms with Gasteiger partial charge in [-0.3, -0.25) is 9.89 Å². The standard InChI is InChI=1S/C13H14N2O3/c1-18-13(17)8-11(12-6-7-14-15-12)9-2-4-10(16)5-3-9/h2-7,11,16H,8H2,1H3,(H,14,15)/t11-/m0/s1. The Morgan fingerprint density at radius 3 is 2.67 bits per heavy atom. The van der Waals surface area contributed by atoms with Crippen LogP contribution in [-0.4, -0.2) is 28.4 Å². The molecule has 2 N–H and O–H groups in total. The lowest BCUT2D eigenvalue weighted by atomic mass is 9.92. The van der Waals surface area contributed by atoms with Crippen LogP contribution in [-0.2, 0) is 9.53 Å². The van der Waals surface area contributed by atoms with E-state index >= 15 is 0 Å². The summed E-state index contributed by atoms with van der Waals surface area (Å²) in [5, 5.41) is 16.0. The van der Waals surface area contributed by atoms with Crippen LogP contribution in [0.1, 0.15) is 23.6 Å². The van der Waals surface area contributed by atoms with E-state index in [-0.39, 0.29) is 24.1 Å². The number of H-pyrrole nitrogens is 1. The Kier molecular flexibility index (Phi) is 3.62. The Bertz CT molecular complexity index is 506. The number of phenolic OH excluding ortho intramolecular Hbond substituents is 1. The molecule has 2 rings (SSSR count). The minimum Gasteiger partial charge on any atom is -0.508 e. The van der Waals surface area contributed by atoms with Gasteiger partial charge in [-0.25, -0.2) is 0 Å². The lowest BCUT2D eigenvalue weighted by Crippen LogP contribution is -2.10. The summed E-state index contributed by atoms with van der Waals surface area (Å²) in [6.07, 6.45) is 1.86. The molecule has 5 nitrogen and oxygen atoms in total. The van der Waals surface area contributed by atoms with Crippen molar-refractivity contribution in [3.63, 3.8) is 0 Å². The maximum atomic E-state index is 11.5. The van der Waals surface area contributed by atoms with Crippen molar-refractivity contribution in [1.29, 1.82) is 0 Å². The van der Waals surface area contributed by atoms with E-state index in [9.17, 15) is 9.90 Å². The van der Waals surface area contributed by atoms with Gasteiger partial charge in [0, 0.05) is 17.8 Å². The van der Waals surface area contributed by atoms with Gasteiger partial charge in [-0.15, -0.1) is 0 Å². The van der Waals surface area contributed by atoms with Gasteiger partial charge in [0.15, 0.2) is 0 Å². The number of nitrogens with zero attached hydrogens (tertiary/aromatic N) is 1. The van der Waals surface area contributed by atoms with Gasteiger partial charge in [0.2, 0.25) is 0 Å². The third kappa shape index (κ3) is 2.68. The largest absolute Gasteiger partial charge is 0.508 e. The number of hydrogen-bond acceptors (Lipinski definition) is 4. The SMILES string of the molecule is COC(=O)C[C@@H](c1ccc(O)cc1)c1ccn[nH]1. The van der Waals surface area contributed by atoms with Gasteiger partial charge < -0.3 is 9.84 Å². The minimum atomic E-state index is -0.289. The number of benzene rings is 1. The first-order valence-corrected chi connectivity index (χ1v) is 5.55. The van der Waals surface area contributed by atoms with Crippen molar-refractivity contribution >= 4 is 5.97 Å². The lowest BCUT2D eigenvalue weighted by Gasteiger charge is -2.14. The molecule has 0 saturated heterocycles. The second kappa shape index (κ2) is 5.35. The molecule has 0 amide bonds. The normalized spacial score (nSPS) is 12.1. The number of nitrogens with one attached hydrogen (secondary N) is 1. The van der Waals surface area contributed by atoms with Crippen LogP contribution in [0.15, 0.2) is 36.5 Å². The second-order valence-corrected chi connectivity index (χ2v) is 3.94. The van der Waals surface area contributed by atoms with E-state index < -0.39 is 0 Å². The molecule has 5 heteroatoms. The number of carbonyl (C=O) groups excluding carboxylic acids is 1. The second-order valence-electron chi connectivity index (χ2n) is 3.94. The number of esters is 1. The number of aromatic hydroxyl groups is 1. The number of rotatable bonds is 4. The van der Waals surface area contributed by atoms with Gasteiger partial charge in [0.25, 0.3) is 0 Å². The van der Waals surface area contributed by atoms with Crippen molar-refractivity contribution < 1.29 is 14.6 Å². The summed E-state index contributed by atoms with van der Waals surface area (Å²) in [7, 11) is 1.36. The molecule has 1 aromatic heterocycles. The first-order valence-electron chi connectivity index (χ1n) is 5.55. The molecule has 0 radical (unpaired) electrons. The topological polar surface area (TPSA) is 75.2 Å². The lowest BCUT2D eigenvalue weighted by molar-refractivity contribution is -0.140. The first-order chi connectivity index (χ1) is 8.70. The monoisotopic (exact) mass is 246 g/mol. The highest BCUT2D eigenvalue weighted by Crippen LogP contribution is 2.27. The van der Waals surface area contributed by atoms with Crippen LogP contribution < -0.4 is 0 Å². The van der Waals surface area contributed by atoms with E-state index in [0.717, 1.165) is 11.3 Å². The Balaban J connectivity index is 2.30. The zero-order valence-corrected chi connectivity index (χ0v) is 9.96. The molecule has 1 heterocycles. The highest BCUT2D eigenvalue weighted by atomic mass is 16.5. The Hall–Kier alpha value is -2.30. The molecule has 0 aliphatic rings. The number of carbonyl (C=O) groups is 1. The zero-order chi connectivity index (χ0) is 13.0. The van der Waals surface area contributed by atoms with Crippen LogP contribution >= 0.6 is 0 Å². The van der Waals surface area contributed by atoms with Crippen molar-refractivity contribution in [3.05, 3.63) is 47.8 Å². The molecule has 0 aliphatic heterocycles. The van der Waals surface area contributed by atoms with Crippen LogP contribution in [0.5, 0.6) is 5.75 Å². The number of phenols is 1. The average molecular weight is 246 g/mol. The predicted molar refractivity (Wildman–Crippen MR) is 65.2 cm³/mol. The molecule has 0 fully saturated rings. The fourth-order valence-corrected chi connectivity index (χ4v) is 1.82. The molecule has 1 atom stereocenters. The summed E-state index contributed by atoms with van der Waals surface area (Å²) < 4.78 is 4.70. The van der Waals surface area contributed by atoms with Crippen LogP contribution in [0, 0.1) is 0 Å². The van der Waals surface area contributed by atoms with Crippen molar-refractivity contribution in [2.24, 2.45) is 0 Å². The van der Waals surface area contributed by atoms with Crippen LogP contribution in [0.2, 0.25) is 0 Å². The van der Waals surface area contributed by atoms with Crippen LogP contribution in [0.25, 0.3) is 0 Å². The summed E-state index contributed by atoms with van der Waals surface area (Å²) in [6.45, 7) is 0. The Labute approximate surface area is 104 Å². The van der Waals surface area contributed by atoms with Gasteiger partial charge >= 0.3 is 5.97 Å². The van der Waals surface area contributed by atoms with E-state index in [4.69, 9.17) is 4.74 Å². The number of aromatic nitrogens is 2. The van der Waals surface area contributed by atoms with E-state index in [1.54, 1.807) is 30.5 Å². The van der Waals surface area contributed by atoms with Gasteiger partial charge in [-0.05, 0) is 23.8 Å². The van der Waals surface area contributed by atoms with E-state index in [1.807, 2.05) is 6.07 Å². The fourth-order valence-electron chi connectivity index (χ4n) is 1.82. The summed E-state index contributed by atoms with van der Waals surface area (Å²) in [5.41, 5.74) is 1.76. The number of hydrogen-bond donors (Lipinski definition) is 2. The molecule has 1 aromatic carbocycles. The van der Waals surface area contributed by atoms with Crippen molar-refractivity contribution in [3.8, 4) is 5.75 Å². The summed E-state index contributed by atoms with van der Waals surface area (Å²) in [6, 6.07) is 8.57. The third-order valence-corrected chi connectivity index (χ3v) is 2.79. The average Bonchev–Trinajstić information content (AvgIpc) is 2.90. The molecule has 18 heavy (non-hydrogen) atoms. The molecular formula is C13H14N2O3. The van der Waals surface area contributed by atoms with Gasteiger partial charge in [-0.1, -0.05) is 12.1 Å². The maximum absolute atomic E-state index is 11.5. The van der Waals surface area contributed by atoms with Crippen LogP contribution in [0.3, 0.4) is 0 Å². The smallest absolute Gasteiger partial charge is 0.306 e. The third-order valence-electron chi connectivity index (χ3n) is 2.79. The van der Waals surface area contributed by atoms with Crippen molar-refractivity contribution in [2.75, 3.05) is 7.11 Å². The number of ether oxygens (including phenoxy) is 1. The van der Waals surface area contributed by atoms with Gasteiger partial charge in [0.05, 0.1) is 13.5 Å². The molecule has 94 valence electrons. The Morgan fingerprint density at radius 1 is 1.39 bits per heavy atom. The molecule has 2 aromatic rings. The van der Waals surface area contributed by atoms with Gasteiger partial charge in [0.1, 0.15) is 5.75 Å². The molecule has 0 saturated carbocycles. The highest BCUT2D eigenvalue weighted by Gasteiger charge is 2.19. The fraction of sp³-hybridized carbons (Fsp3) is 0.231. The maximum Gasteiger partial charge on any atom is 0.306 e. The quantitative estimate of drug-likeness (QED) is 0.807. The highest BCUT2D eigenvalue weighted by molar-refractivity contribution is 5.71. The van der Waals surface area contributed by atoms with Gasteiger partial charge in [-0.2, -0.15) is 5.10 Å². The van der Waals surface area contributed by atoms with Crippen molar-refractivity contribution in [1.82, 2.24) is 10.2 Å². The van der Waals surface area contributed by atoms with E-state index in [1.165, 1.54) is 7.11 Å². The zero-order valence-electron chi connectivity index (χ0n) is 9.96. The van der Waals surface area contributed by atoms with Crippen LogP contribution in [0.4, 0.5) is 0 Å². The Morgan fingerprint density at radius 2 is 2.11 bits per heavy atom. The van der Waals surface area contributed by atoms with E-state index in [2.05, 4.69) is 10.2 Å². The molecule has 0 spiro atoms. The predicted octanol–water partition coefficient (Wildman–Crippen LogP) is 1.81. The number of aromatic amines is 1.